The minimum atomic E-state index is -0.519. The second-order valence-corrected chi connectivity index (χ2v) is 7.01. The molecule has 1 aromatic carbocycles. The highest BCUT2D eigenvalue weighted by molar-refractivity contribution is 5.80. The van der Waals surface area contributed by atoms with Crippen LogP contribution in [-0.2, 0) is 16.6 Å². The van der Waals surface area contributed by atoms with E-state index in [2.05, 4.69) is 26.1 Å². The van der Waals surface area contributed by atoms with Crippen LogP contribution >= 0.6 is 0 Å². The van der Waals surface area contributed by atoms with Crippen LogP contribution in [0.3, 0.4) is 0 Å². The summed E-state index contributed by atoms with van der Waals surface area (Å²) in [5.74, 6) is 1.54. The van der Waals surface area contributed by atoms with Crippen molar-refractivity contribution in [3.8, 4) is 5.75 Å². The molecule has 4 heteroatoms. The van der Waals surface area contributed by atoms with Crippen molar-refractivity contribution in [1.82, 2.24) is 5.32 Å². The van der Waals surface area contributed by atoms with Crippen LogP contribution in [-0.4, -0.2) is 18.6 Å². The van der Waals surface area contributed by atoms with Crippen LogP contribution in [0.4, 0.5) is 0 Å². The summed E-state index contributed by atoms with van der Waals surface area (Å²) in [6.45, 7) is 8.88. The summed E-state index contributed by atoms with van der Waals surface area (Å²) in [6.07, 6.45) is 2.80. The highest BCUT2D eigenvalue weighted by Gasteiger charge is 2.16. The average Bonchev–Trinajstić information content (AvgIpc) is 3.04. The quantitative estimate of drug-likeness (QED) is 0.778. The Balaban J connectivity index is 1.74. The summed E-state index contributed by atoms with van der Waals surface area (Å²) < 4.78 is 11.0. The van der Waals surface area contributed by atoms with Crippen molar-refractivity contribution in [2.24, 2.45) is 0 Å². The van der Waals surface area contributed by atoms with Gasteiger partial charge in [-0.3, -0.25) is 4.79 Å². The summed E-state index contributed by atoms with van der Waals surface area (Å²) in [6, 6.07) is 11.7. The minimum absolute atomic E-state index is 0.102. The van der Waals surface area contributed by atoms with Crippen LogP contribution in [0.5, 0.6) is 5.75 Å². The minimum Gasteiger partial charge on any atom is -0.481 e. The molecule has 4 nitrogen and oxygen atoms in total. The van der Waals surface area contributed by atoms with E-state index in [1.165, 1.54) is 5.56 Å². The van der Waals surface area contributed by atoms with Gasteiger partial charge in [0, 0.05) is 13.0 Å². The fraction of sp³-hybridized carbons (Fsp3) is 0.450. The number of ether oxygens (including phenoxy) is 1. The number of hydrogen-bond acceptors (Lipinski definition) is 3. The van der Waals surface area contributed by atoms with Crippen molar-refractivity contribution >= 4 is 5.91 Å². The summed E-state index contributed by atoms with van der Waals surface area (Å²) in [7, 11) is 0. The van der Waals surface area contributed by atoms with E-state index in [0.29, 0.717) is 12.3 Å². The Morgan fingerprint density at radius 3 is 2.50 bits per heavy atom. The number of benzene rings is 1. The predicted octanol–water partition coefficient (Wildman–Crippen LogP) is 4.09. The molecule has 1 atom stereocenters. The number of rotatable bonds is 7. The van der Waals surface area contributed by atoms with Crippen molar-refractivity contribution in [2.45, 2.75) is 52.1 Å². The molecule has 1 heterocycles. The fourth-order valence-electron chi connectivity index (χ4n) is 2.36. The number of carbonyl (C=O) groups is 1. The molecule has 2 aromatic rings. The summed E-state index contributed by atoms with van der Waals surface area (Å²) >= 11 is 0. The van der Waals surface area contributed by atoms with E-state index in [0.717, 1.165) is 18.6 Å². The second-order valence-electron chi connectivity index (χ2n) is 7.01. The lowest BCUT2D eigenvalue weighted by Gasteiger charge is -2.20. The number of hydrogen-bond donors (Lipinski definition) is 1. The molecule has 1 amide bonds. The van der Waals surface area contributed by atoms with Crippen LogP contribution in [0.25, 0.3) is 0 Å². The Kier molecular flexibility index (Phi) is 6.07. The van der Waals surface area contributed by atoms with Crippen molar-refractivity contribution in [3.05, 3.63) is 54.0 Å². The molecule has 0 saturated heterocycles. The molecule has 0 spiro atoms. The van der Waals surface area contributed by atoms with Gasteiger partial charge in [-0.05, 0) is 48.6 Å². The highest BCUT2D eigenvalue weighted by atomic mass is 16.5. The molecular weight excluding hydrogens is 302 g/mol. The first kappa shape index (κ1) is 18.1. The van der Waals surface area contributed by atoms with E-state index >= 15 is 0 Å². The van der Waals surface area contributed by atoms with Gasteiger partial charge in [0.05, 0.1) is 6.26 Å². The molecule has 1 N–H and O–H groups in total. The number of furan rings is 1. The standard InChI is InChI=1S/C20H27NO3/c1-15(19(22)21-13-5-7-17-8-6-14-23-17)24-18-11-9-16(10-12-18)20(2,3)4/h6,8-12,14-15H,5,7,13H2,1-4H3,(H,21,22). The summed E-state index contributed by atoms with van der Waals surface area (Å²) in [4.78, 5) is 12.1. The third kappa shape index (κ3) is 5.44. The number of aryl methyl sites for hydroxylation is 1. The lowest BCUT2D eigenvalue weighted by Crippen LogP contribution is -2.36. The first-order valence-corrected chi connectivity index (χ1v) is 8.43. The van der Waals surface area contributed by atoms with Crippen molar-refractivity contribution < 1.29 is 13.9 Å². The first-order chi connectivity index (χ1) is 11.4. The molecule has 0 aliphatic heterocycles. The van der Waals surface area contributed by atoms with Gasteiger partial charge in [-0.25, -0.2) is 0 Å². The molecule has 0 fully saturated rings. The van der Waals surface area contributed by atoms with Crippen molar-refractivity contribution in [1.29, 1.82) is 0 Å². The largest absolute Gasteiger partial charge is 0.481 e. The molecule has 0 radical (unpaired) electrons. The Bertz CT molecular complexity index is 624. The first-order valence-electron chi connectivity index (χ1n) is 8.43. The van der Waals surface area contributed by atoms with Gasteiger partial charge in [-0.15, -0.1) is 0 Å². The van der Waals surface area contributed by atoms with Crippen molar-refractivity contribution in [2.75, 3.05) is 6.54 Å². The zero-order valence-electron chi connectivity index (χ0n) is 15.0. The molecule has 130 valence electrons. The van der Waals surface area contributed by atoms with Gasteiger partial charge < -0.3 is 14.5 Å². The van der Waals surface area contributed by atoms with E-state index in [1.807, 2.05) is 36.4 Å². The molecule has 0 bridgehead atoms. The maximum absolute atomic E-state index is 12.1. The van der Waals surface area contributed by atoms with Gasteiger partial charge in [0.25, 0.3) is 5.91 Å². The zero-order valence-corrected chi connectivity index (χ0v) is 15.0. The predicted molar refractivity (Wildman–Crippen MR) is 95.3 cm³/mol. The molecule has 0 aliphatic rings. The zero-order chi connectivity index (χ0) is 17.6. The fourth-order valence-corrected chi connectivity index (χ4v) is 2.36. The maximum atomic E-state index is 12.1. The Hall–Kier alpha value is -2.23. The Labute approximate surface area is 144 Å². The van der Waals surface area contributed by atoms with Gasteiger partial charge in [0.1, 0.15) is 11.5 Å². The second kappa shape index (κ2) is 8.04. The maximum Gasteiger partial charge on any atom is 0.260 e. The normalized spacial score (nSPS) is 12.7. The van der Waals surface area contributed by atoms with Crippen LogP contribution in [0.2, 0.25) is 0 Å². The molecule has 1 aromatic heterocycles. The van der Waals surface area contributed by atoms with Gasteiger partial charge in [-0.2, -0.15) is 0 Å². The molecular formula is C20H27NO3. The SMILES string of the molecule is CC(Oc1ccc(C(C)(C)C)cc1)C(=O)NCCCc1ccco1. The van der Waals surface area contributed by atoms with Gasteiger partial charge in [0.15, 0.2) is 6.10 Å². The Morgan fingerprint density at radius 1 is 1.21 bits per heavy atom. The third-order valence-electron chi connectivity index (χ3n) is 3.88. The summed E-state index contributed by atoms with van der Waals surface area (Å²) in [5.41, 5.74) is 1.35. The molecule has 24 heavy (non-hydrogen) atoms. The lowest BCUT2D eigenvalue weighted by atomic mass is 9.87. The smallest absolute Gasteiger partial charge is 0.260 e. The average molecular weight is 329 g/mol. The van der Waals surface area contributed by atoms with Gasteiger partial charge >= 0.3 is 0 Å². The van der Waals surface area contributed by atoms with E-state index in [4.69, 9.17) is 9.15 Å². The van der Waals surface area contributed by atoms with E-state index < -0.39 is 6.10 Å². The Morgan fingerprint density at radius 2 is 1.92 bits per heavy atom. The lowest BCUT2D eigenvalue weighted by molar-refractivity contribution is -0.127. The molecule has 1 unspecified atom stereocenters. The van der Waals surface area contributed by atoms with Crippen molar-refractivity contribution in [3.63, 3.8) is 0 Å². The number of amides is 1. The van der Waals surface area contributed by atoms with Crippen LogP contribution in [0.1, 0.15) is 45.4 Å². The van der Waals surface area contributed by atoms with E-state index in [9.17, 15) is 4.79 Å². The van der Waals surface area contributed by atoms with Gasteiger partial charge in [0.2, 0.25) is 0 Å². The molecule has 2 rings (SSSR count). The van der Waals surface area contributed by atoms with Gasteiger partial charge in [-0.1, -0.05) is 32.9 Å². The van der Waals surface area contributed by atoms with Crippen LogP contribution in [0.15, 0.2) is 47.1 Å². The monoisotopic (exact) mass is 329 g/mol. The highest BCUT2D eigenvalue weighted by Crippen LogP contribution is 2.24. The van der Waals surface area contributed by atoms with E-state index in [-0.39, 0.29) is 11.3 Å². The number of nitrogens with one attached hydrogen (secondary N) is 1. The van der Waals surface area contributed by atoms with E-state index in [1.54, 1.807) is 13.2 Å². The topological polar surface area (TPSA) is 51.5 Å². The number of carbonyl (C=O) groups excluding carboxylic acids is 1. The molecule has 0 aliphatic carbocycles. The molecule has 0 saturated carbocycles. The third-order valence-corrected chi connectivity index (χ3v) is 3.88. The summed E-state index contributed by atoms with van der Waals surface area (Å²) in [5, 5.41) is 2.90. The van der Waals surface area contributed by atoms with Crippen LogP contribution in [0, 0.1) is 0 Å². The van der Waals surface area contributed by atoms with Crippen LogP contribution < -0.4 is 10.1 Å².